The quantitative estimate of drug-likeness (QED) is 0.561. The first-order valence-corrected chi connectivity index (χ1v) is 3.97. The van der Waals surface area contributed by atoms with Crippen molar-refractivity contribution in [3.05, 3.63) is 0 Å². The van der Waals surface area contributed by atoms with Crippen molar-refractivity contribution in [2.45, 2.75) is 0 Å². The van der Waals surface area contributed by atoms with Crippen LogP contribution in [0.4, 0.5) is 0 Å². The summed E-state index contributed by atoms with van der Waals surface area (Å²) >= 11 is 0. The Kier molecular flexibility index (Phi) is 15.0. The van der Waals surface area contributed by atoms with E-state index in [2.05, 4.69) is 9.05 Å². The Balaban J connectivity index is 0. The second-order valence-electron chi connectivity index (χ2n) is 1.24. The summed E-state index contributed by atoms with van der Waals surface area (Å²) in [4.78, 5) is 0. The molecule has 10 heavy (non-hydrogen) atoms. The third-order valence-electron chi connectivity index (χ3n) is 0.500. The van der Waals surface area contributed by atoms with Crippen LogP contribution in [-0.2, 0) is 13.6 Å². The smallest absolute Gasteiger partial charge is 0.318 e. The summed E-state index contributed by atoms with van der Waals surface area (Å²) in [6.45, 7) is 1.19. The third kappa shape index (κ3) is 15.7. The normalized spacial score (nSPS) is 8.90. The van der Waals surface area contributed by atoms with Gasteiger partial charge in [-0.25, -0.2) is 0 Å². The van der Waals surface area contributed by atoms with Crippen molar-refractivity contribution in [1.82, 2.24) is 0 Å². The van der Waals surface area contributed by atoms with E-state index < -0.39 is 8.25 Å². The average molecular weight is 170 g/mol. The molecule has 0 atom stereocenters. The van der Waals surface area contributed by atoms with Crippen LogP contribution < -0.4 is 11.5 Å². The summed E-state index contributed by atoms with van der Waals surface area (Å²) in [5.74, 6) is 0. The SMILES string of the molecule is CO[PH](=O)OC.NCCN. The molecule has 0 radical (unpaired) electrons. The maximum Gasteiger partial charge on any atom is 0.318 e. The van der Waals surface area contributed by atoms with Gasteiger partial charge in [0.15, 0.2) is 0 Å². The lowest BCUT2D eigenvalue weighted by Crippen LogP contribution is -2.11. The molecule has 0 unspecified atom stereocenters. The molecule has 5 nitrogen and oxygen atoms in total. The highest BCUT2D eigenvalue weighted by atomic mass is 31.1. The van der Waals surface area contributed by atoms with Crippen LogP contribution in [0.25, 0.3) is 0 Å². The van der Waals surface area contributed by atoms with Gasteiger partial charge in [0.1, 0.15) is 0 Å². The van der Waals surface area contributed by atoms with E-state index in [9.17, 15) is 4.57 Å². The second kappa shape index (κ2) is 11.8. The number of nitrogens with two attached hydrogens (primary N) is 2. The van der Waals surface area contributed by atoms with E-state index >= 15 is 0 Å². The Morgan fingerprint density at radius 2 is 1.50 bits per heavy atom. The minimum absolute atomic E-state index is 0.597. The van der Waals surface area contributed by atoms with Crippen molar-refractivity contribution < 1.29 is 13.6 Å². The van der Waals surface area contributed by atoms with E-state index in [-0.39, 0.29) is 0 Å². The fourth-order valence-electron chi connectivity index (χ4n) is 0.0833. The summed E-state index contributed by atoms with van der Waals surface area (Å²) in [5, 5.41) is 0. The maximum atomic E-state index is 9.92. The Hall–Kier alpha value is 0.0700. The fraction of sp³-hybridized carbons (Fsp3) is 1.00. The molecule has 64 valence electrons. The number of hydrogen-bond donors (Lipinski definition) is 2. The van der Waals surface area contributed by atoms with Crippen LogP contribution in [0.5, 0.6) is 0 Å². The lowest BCUT2D eigenvalue weighted by Gasteiger charge is -1.89. The number of hydrogen-bond acceptors (Lipinski definition) is 5. The molecule has 6 heteroatoms. The van der Waals surface area contributed by atoms with Gasteiger partial charge in [-0.2, -0.15) is 0 Å². The Morgan fingerprint density at radius 3 is 1.50 bits per heavy atom. The van der Waals surface area contributed by atoms with Crippen LogP contribution in [0.1, 0.15) is 0 Å². The molecule has 4 N–H and O–H groups in total. The van der Waals surface area contributed by atoms with Crippen LogP contribution in [0, 0.1) is 0 Å². The maximum absolute atomic E-state index is 9.92. The molecule has 0 saturated carbocycles. The lowest BCUT2D eigenvalue weighted by molar-refractivity contribution is 0.302. The third-order valence-corrected chi connectivity index (χ3v) is 1.17. The first-order valence-electron chi connectivity index (χ1n) is 2.75. The molecule has 0 bridgehead atoms. The summed E-state index contributed by atoms with van der Waals surface area (Å²) < 4.78 is 18.4. The van der Waals surface area contributed by atoms with Gasteiger partial charge < -0.3 is 20.5 Å². The first-order chi connectivity index (χ1) is 4.72. The van der Waals surface area contributed by atoms with Crippen molar-refractivity contribution in [3.63, 3.8) is 0 Å². The fourth-order valence-corrected chi connectivity index (χ4v) is 0.250. The standard InChI is InChI=1S/C2H8N2.C2H7O3P/c3-1-2-4;1-4-6(3)5-2/h1-4H2;6H,1-2H3. The van der Waals surface area contributed by atoms with Crippen LogP contribution in [-0.4, -0.2) is 27.3 Å². The van der Waals surface area contributed by atoms with Crippen molar-refractivity contribution in [2.24, 2.45) is 11.5 Å². The molecule has 0 spiro atoms. The van der Waals surface area contributed by atoms with Gasteiger partial charge in [-0.05, 0) is 0 Å². The van der Waals surface area contributed by atoms with Crippen molar-refractivity contribution in [2.75, 3.05) is 27.3 Å². The van der Waals surface area contributed by atoms with Crippen molar-refractivity contribution in [3.8, 4) is 0 Å². The van der Waals surface area contributed by atoms with Crippen LogP contribution in [0.2, 0.25) is 0 Å². The molecule has 0 heterocycles. The highest BCUT2D eigenvalue weighted by Crippen LogP contribution is 2.18. The summed E-state index contributed by atoms with van der Waals surface area (Å²) in [6.07, 6.45) is 0. The number of rotatable bonds is 3. The van der Waals surface area contributed by atoms with E-state index in [1.807, 2.05) is 0 Å². The molecular formula is C4H15N2O3P. The van der Waals surface area contributed by atoms with E-state index in [1.165, 1.54) is 14.2 Å². The Bertz CT molecular complexity index is 72.9. The van der Waals surface area contributed by atoms with Crippen LogP contribution in [0.3, 0.4) is 0 Å². The van der Waals surface area contributed by atoms with Gasteiger partial charge in [0, 0.05) is 27.3 Å². The van der Waals surface area contributed by atoms with E-state index in [1.54, 1.807) is 0 Å². The van der Waals surface area contributed by atoms with Crippen molar-refractivity contribution in [1.29, 1.82) is 0 Å². The molecule has 0 aromatic carbocycles. The predicted molar refractivity (Wildman–Crippen MR) is 41.1 cm³/mol. The Morgan fingerprint density at radius 1 is 1.20 bits per heavy atom. The van der Waals surface area contributed by atoms with E-state index in [0.29, 0.717) is 13.1 Å². The molecule has 0 aromatic rings. The van der Waals surface area contributed by atoms with Gasteiger partial charge in [0.25, 0.3) is 0 Å². The molecule has 0 saturated heterocycles. The first kappa shape index (κ1) is 12.7. The second-order valence-corrected chi connectivity index (χ2v) is 2.55. The minimum Gasteiger partial charge on any atom is -0.329 e. The molecule has 0 aromatic heterocycles. The zero-order chi connectivity index (χ0) is 8.41. The predicted octanol–water partition coefficient (Wildman–Crippen LogP) is -0.427. The van der Waals surface area contributed by atoms with Gasteiger partial charge >= 0.3 is 8.25 Å². The molecule has 0 aliphatic carbocycles. The largest absolute Gasteiger partial charge is 0.329 e. The topological polar surface area (TPSA) is 87.6 Å². The summed E-state index contributed by atoms with van der Waals surface area (Å²) in [7, 11) is 0.558. The molecule has 0 fully saturated rings. The molecule has 0 aliphatic heterocycles. The molecule has 0 aliphatic rings. The molecular weight excluding hydrogens is 155 g/mol. The van der Waals surface area contributed by atoms with Gasteiger partial charge in [0.05, 0.1) is 0 Å². The zero-order valence-corrected chi connectivity index (χ0v) is 7.29. The highest BCUT2D eigenvalue weighted by molar-refractivity contribution is 7.33. The van der Waals surface area contributed by atoms with E-state index in [4.69, 9.17) is 11.5 Å². The minimum atomic E-state index is -2.12. The highest BCUT2D eigenvalue weighted by Gasteiger charge is 1.83. The van der Waals surface area contributed by atoms with Gasteiger partial charge in [-0.1, -0.05) is 0 Å². The Labute approximate surface area is 61.6 Å². The van der Waals surface area contributed by atoms with Gasteiger partial charge in [-0.3, -0.25) is 4.57 Å². The van der Waals surface area contributed by atoms with Gasteiger partial charge in [-0.15, -0.1) is 0 Å². The summed E-state index contributed by atoms with van der Waals surface area (Å²) in [6, 6.07) is 0. The van der Waals surface area contributed by atoms with Crippen LogP contribution in [0.15, 0.2) is 0 Å². The van der Waals surface area contributed by atoms with Gasteiger partial charge in [0.2, 0.25) is 0 Å². The zero-order valence-electron chi connectivity index (χ0n) is 6.29. The molecule has 0 amide bonds. The van der Waals surface area contributed by atoms with E-state index in [0.717, 1.165) is 0 Å². The molecule has 0 rings (SSSR count). The lowest BCUT2D eigenvalue weighted by atomic mass is 10.7. The van der Waals surface area contributed by atoms with Crippen LogP contribution >= 0.6 is 8.25 Å². The summed E-state index contributed by atoms with van der Waals surface area (Å²) in [5.41, 5.74) is 9.81. The van der Waals surface area contributed by atoms with Crippen molar-refractivity contribution >= 4 is 8.25 Å². The average Bonchev–Trinajstić information content (AvgIpc) is 2.03. The monoisotopic (exact) mass is 170 g/mol.